The van der Waals surface area contributed by atoms with Gasteiger partial charge in [0.05, 0.1) is 11.8 Å². The van der Waals surface area contributed by atoms with Gasteiger partial charge in [0.1, 0.15) is 17.1 Å². The summed E-state index contributed by atoms with van der Waals surface area (Å²) >= 11 is 3.17. The van der Waals surface area contributed by atoms with Gasteiger partial charge in [-0.25, -0.2) is 9.37 Å². The first-order chi connectivity index (χ1) is 14.9. The number of fused-ring (bicyclic) bond motifs is 1. The van der Waals surface area contributed by atoms with Gasteiger partial charge in [0.2, 0.25) is 5.91 Å². The fraction of sp³-hybridized carbons (Fsp3) is 0.391. The van der Waals surface area contributed by atoms with Gasteiger partial charge in [-0.2, -0.15) is 0 Å². The van der Waals surface area contributed by atoms with E-state index in [1.54, 1.807) is 35.9 Å². The van der Waals surface area contributed by atoms with E-state index in [-0.39, 0.29) is 11.7 Å². The number of halogens is 1. The minimum atomic E-state index is -0.237. The smallest absolute Gasteiger partial charge is 0.228 e. The van der Waals surface area contributed by atoms with Crippen molar-refractivity contribution in [1.82, 2.24) is 9.88 Å². The highest BCUT2D eigenvalue weighted by atomic mass is 32.2. The number of aromatic nitrogens is 1. The lowest BCUT2D eigenvalue weighted by atomic mass is 10.2. The molecule has 0 aliphatic heterocycles. The van der Waals surface area contributed by atoms with Gasteiger partial charge >= 0.3 is 0 Å². The summed E-state index contributed by atoms with van der Waals surface area (Å²) in [4.78, 5) is 22.7. The Bertz CT molecular complexity index is 1020. The van der Waals surface area contributed by atoms with Gasteiger partial charge < -0.3 is 9.64 Å². The van der Waals surface area contributed by atoms with Crippen LogP contribution in [0.4, 0.5) is 9.52 Å². The molecule has 0 spiro atoms. The van der Waals surface area contributed by atoms with Gasteiger partial charge in [0.15, 0.2) is 5.13 Å². The Balaban J connectivity index is 1.71. The summed E-state index contributed by atoms with van der Waals surface area (Å²) in [5, 5.41) is 0.709. The molecule has 8 heteroatoms. The van der Waals surface area contributed by atoms with E-state index in [1.165, 1.54) is 23.5 Å². The molecule has 31 heavy (non-hydrogen) atoms. The Labute approximate surface area is 191 Å². The molecule has 0 N–H and O–H groups in total. The standard InChI is InChI=1S/C23H28FN3O2S2/c1-16-7-12-19(29-4)21-22(16)31-23(25-21)27(14-13-26(2)3)20(28)6-5-15-30-18-10-8-17(24)9-11-18/h7-12H,5-6,13-15H2,1-4H3. The fourth-order valence-corrected chi connectivity index (χ4v) is 5.03. The van der Waals surface area contributed by atoms with Crippen molar-refractivity contribution in [2.45, 2.75) is 24.7 Å². The Hall–Kier alpha value is -2.16. The zero-order chi connectivity index (χ0) is 22.4. The highest BCUT2D eigenvalue weighted by Crippen LogP contribution is 2.36. The first-order valence-corrected chi connectivity index (χ1v) is 12.0. The highest BCUT2D eigenvalue weighted by molar-refractivity contribution is 7.99. The summed E-state index contributed by atoms with van der Waals surface area (Å²) in [5.41, 5.74) is 1.92. The molecule has 0 aliphatic carbocycles. The molecule has 1 heterocycles. The van der Waals surface area contributed by atoms with Crippen molar-refractivity contribution in [2.75, 3.05) is 44.9 Å². The number of anilines is 1. The molecule has 5 nitrogen and oxygen atoms in total. The molecule has 166 valence electrons. The number of rotatable bonds is 10. The van der Waals surface area contributed by atoms with Crippen LogP contribution in [0.3, 0.4) is 0 Å². The number of benzene rings is 2. The summed E-state index contributed by atoms with van der Waals surface area (Å²) in [6.45, 7) is 3.38. The fourth-order valence-electron chi connectivity index (χ4n) is 3.08. The molecule has 0 atom stereocenters. The molecule has 0 saturated carbocycles. The van der Waals surface area contributed by atoms with Crippen molar-refractivity contribution in [2.24, 2.45) is 0 Å². The van der Waals surface area contributed by atoms with Crippen LogP contribution < -0.4 is 9.64 Å². The van der Waals surface area contributed by atoms with Crippen LogP contribution in [-0.4, -0.2) is 55.8 Å². The summed E-state index contributed by atoms with van der Waals surface area (Å²) in [5.74, 6) is 1.35. The van der Waals surface area contributed by atoms with Crippen molar-refractivity contribution in [1.29, 1.82) is 0 Å². The number of aryl methyl sites for hydroxylation is 1. The average molecular weight is 462 g/mol. The van der Waals surface area contributed by atoms with Crippen LogP contribution >= 0.6 is 23.1 Å². The van der Waals surface area contributed by atoms with Crippen LogP contribution in [0.5, 0.6) is 5.75 Å². The number of hydrogen-bond donors (Lipinski definition) is 0. The van der Waals surface area contributed by atoms with Gasteiger partial charge in [-0.05, 0) is 69.1 Å². The number of carbonyl (C=O) groups excluding carboxylic acids is 1. The molecule has 2 aromatic carbocycles. The third-order valence-corrected chi connectivity index (χ3v) is 7.14. The Morgan fingerprint density at radius 2 is 1.90 bits per heavy atom. The van der Waals surface area contributed by atoms with E-state index >= 15 is 0 Å². The average Bonchev–Trinajstić information content (AvgIpc) is 3.19. The van der Waals surface area contributed by atoms with Gasteiger partial charge in [-0.1, -0.05) is 17.4 Å². The Morgan fingerprint density at radius 1 is 1.16 bits per heavy atom. The molecular weight excluding hydrogens is 433 g/mol. The van der Waals surface area contributed by atoms with Crippen molar-refractivity contribution >= 4 is 44.4 Å². The molecule has 0 aliphatic rings. The van der Waals surface area contributed by atoms with Crippen LogP contribution in [0.25, 0.3) is 10.2 Å². The summed E-state index contributed by atoms with van der Waals surface area (Å²) in [6.07, 6.45) is 1.18. The van der Waals surface area contributed by atoms with E-state index in [2.05, 4.69) is 4.90 Å². The van der Waals surface area contributed by atoms with Gasteiger partial charge in [-0.3, -0.25) is 9.69 Å². The second-order valence-corrected chi connectivity index (χ2v) is 9.66. The lowest BCUT2D eigenvalue weighted by Crippen LogP contribution is -2.36. The Morgan fingerprint density at radius 3 is 2.58 bits per heavy atom. The molecule has 0 radical (unpaired) electrons. The lowest BCUT2D eigenvalue weighted by Gasteiger charge is -2.22. The normalized spacial score (nSPS) is 11.3. The van der Waals surface area contributed by atoms with Crippen molar-refractivity contribution < 1.29 is 13.9 Å². The van der Waals surface area contributed by atoms with Crippen molar-refractivity contribution in [3.8, 4) is 5.75 Å². The molecule has 0 saturated heterocycles. The second kappa shape index (κ2) is 10.9. The number of carbonyl (C=O) groups is 1. The van der Waals surface area contributed by atoms with Crippen LogP contribution in [0.1, 0.15) is 18.4 Å². The molecule has 0 fully saturated rings. The molecule has 1 aromatic heterocycles. The highest BCUT2D eigenvalue weighted by Gasteiger charge is 2.21. The van der Waals surface area contributed by atoms with Gasteiger partial charge in [0.25, 0.3) is 0 Å². The third-order valence-electron chi connectivity index (χ3n) is 4.83. The van der Waals surface area contributed by atoms with Crippen LogP contribution in [0.15, 0.2) is 41.3 Å². The van der Waals surface area contributed by atoms with Crippen LogP contribution in [-0.2, 0) is 4.79 Å². The maximum atomic E-state index is 13.1. The number of methoxy groups -OCH3 is 1. The monoisotopic (exact) mass is 461 g/mol. The quantitative estimate of drug-likeness (QED) is 0.306. The minimum absolute atomic E-state index is 0.0669. The molecule has 1 amide bonds. The molecule has 0 bridgehead atoms. The zero-order valence-corrected chi connectivity index (χ0v) is 20.0. The van der Waals surface area contributed by atoms with E-state index in [1.807, 2.05) is 33.2 Å². The SMILES string of the molecule is COc1ccc(C)c2sc(N(CCN(C)C)C(=O)CCCSc3ccc(F)cc3)nc12. The maximum absolute atomic E-state index is 13.1. The van der Waals surface area contributed by atoms with Gasteiger partial charge in [0, 0.05) is 24.4 Å². The predicted molar refractivity (Wildman–Crippen MR) is 128 cm³/mol. The number of amides is 1. The van der Waals surface area contributed by atoms with E-state index < -0.39 is 0 Å². The summed E-state index contributed by atoms with van der Waals surface area (Å²) < 4.78 is 19.5. The first kappa shape index (κ1) is 23.5. The van der Waals surface area contributed by atoms with Gasteiger partial charge in [-0.15, -0.1) is 11.8 Å². The van der Waals surface area contributed by atoms with Crippen LogP contribution in [0.2, 0.25) is 0 Å². The number of thiazole rings is 1. The zero-order valence-electron chi connectivity index (χ0n) is 18.4. The molecule has 3 aromatic rings. The molecule has 3 rings (SSSR count). The topological polar surface area (TPSA) is 45.7 Å². The third kappa shape index (κ3) is 6.18. The summed E-state index contributed by atoms with van der Waals surface area (Å²) in [7, 11) is 5.62. The minimum Gasteiger partial charge on any atom is -0.494 e. The summed E-state index contributed by atoms with van der Waals surface area (Å²) in [6, 6.07) is 10.4. The lowest BCUT2D eigenvalue weighted by molar-refractivity contribution is -0.118. The molecule has 0 unspecified atom stereocenters. The van der Waals surface area contributed by atoms with E-state index in [9.17, 15) is 9.18 Å². The van der Waals surface area contributed by atoms with Crippen LogP contribution in [0, 0.1) is 12.7 Å². The number of hydrogen-bond acceptors (Lipinski definition) is 6. The Kier molecular flexibility index (Phi) is 8.28. The number of ether oxygens (including phenoxy) is 1. The second-order valence-electron chi connectivity index (χ2n) is 7.51. The number of nitrogens with zero attached hydrogens (tertiary/aromatic N) is 3. The van der Waals surface area contributed by atoms with E-state index in [0.29, 0.717) is 18.1 Å². The van der Waals surface area contributed by atoms with E-state index in [4.69, 9.17) is 9.72 Å². The predicted octanol–water partition coefficient (Wildman–Crippen LogP) is 5.22. The van der Waals surface area contributed by atoms with Crippen molar-refractivity contribution in [3.63, 3.8) is 0 Å². The van der Waals surface area contributed by atoms with E-state index in [0.717, 1.165) is 45.1 Å². The number of likely N-dealkylation sites (N-methyl/N-ethyl adjacent to an activating group) is 1. The first-order valence-electron chi connectivity index (χ1n) is 10.2. The maximum Gasteiger partial charge on any atom is 0.228 e. The van der Waals surface area contributed by atoms with Crippen molar-refractivity contribution in [3.05, 3.63) is 47.8 Å². The largest absolute Gasteiger partial charge is 0.494 e. The molecular formula is C23H28FN3O2S2. The number of thioether (sulfide) groups is 1.